The molecule has 0 radical (unpaired) electrons. The van der Waals surface area contributed by atoms with E-state index in [1.165, 1.54) is 43.5 Å². The number of nitrogens with zero attached hydrogens (tertiary/aromatic N) is 2. The summed E-state index contributed by atoms with van der Waals surface area (Å²) in [4.78, 5) is 29.1. The van der Waals surface area contributed by atoms with Crippen LogP contribution < -0.4 is 10.1 Å². The van der Waals surface area contributed by atoms with Gasteiger partial charge in [0, 0.05) is 20.2 Å². The van der Waals surface area contributed by atoms with Crippen molar-refractivity contribution in [2.45, 2.75) is 19.6 Å². The van der Waals surface area contributed by atoms with Crippen LogP contribution >= 0.6 is 0 Å². The first-order valence-corrected chi connectivity index (χ1v) is 7.24. The molecule has 0 aliphatic heterocycles. The fourth-order valence-corrected chi connectivity index (χ4v) is 1.92. The second-order valence-electron chi connectivity index (χ2n) is 5.08. The van der Waals surface area contributed by atoms with Crippen LogP contribution in [0.5, 0.6) is 5.75 Å². The molecule has 24 heavy (non-hydrogen) atoms. The topological polar surface area (TPSA) is 84.7 Å². The standard InChI is InChI=1S/C16H18FN3O4/c1-10(15(21)18-2)20(3)16(22)13-8-24-14(19-13)9-23-12-6-4-5-11(17)7-12/h4-8,10H,9H2,1-3H3,(H,18,21). The van der Waals surface area contributed by atoms with Gasteiger partial charge in [0.2, 0.25) is 11.8 Å². The van der Waals surface area contributed by atoms with Crippen molar-refractivity contribution in [1.82, 2.24) is 15.2 Å². The first kappa shape index (κ1) is 17.5. The Balaban J connectivity index is 1.99. The van der Waals surface area contributed by atoms with Crippen LogP contribution in [0.4, 0.5) is 4.39 Å². The maximum absolute atomic E-state index is 13.1. The number of ether oxygens (including phenoxy) is 1. The highest BCUT2D eigenvalue weighted by molar-refractivity contribution is 5.95. The third kappa shape index (κ3) is 4.09. The van der Waals surface area contributed by atoms with Crippen molar-refractivity contribution in [3.05, 3.63) is 47.9 Å². The quantitative estimate of drug-likeness (QED) is 0.867. The van der Waals surface area contributed by atoms with E-state index in [1.54, 1.807) is 13.0 Å². The molecule has 1 aromatic heterocycles. The summed E-state index contributed by atoms with van der Waals surface area (Å²) in [5.74, 6) is -0.661. The summed E-state index contributed by atoms with van der Waals surface area (Å²) < 4.78 is 23.6. The van der Waals surface area contributed by atoms with Crippen molar-refractivity contribution in [2.75, 3.05) is 14.1 Å². The minimum Gasteiger partial charge on any atom is -0.484 e. The molecule has 7 nitrogen and oxygen atoms in total. The third-order valence-corrected chi connectivity index (χ3v) is 3.46. The number of carbonyl (C=O) groups is 2. The second-order valence-corrected chi connectivity index (χ2v) is 5.08. The van der Waals surface area contributed by atoms with Gasteiger partial charge < -0.3 is 19.4 Å². The van der Waals surface area contributed by atoms with Gasteiger partial charge in [-0.2, -0.15) is 0 Å². The maximum Gasteiger partial charge on any atom is 0.276 e. The number of amides is 2. The Bertz CT molecular complexity index is 732. The van der Waals surface area contributed by atoms with Gasteiger partial charge in [-0.15, -0.1) is 0 Å². The molecule has 2 amide bonds. The van der Waals surface area contributed by atoms with Crippen LogP contribution in [0.25, 0.3) is 0 Å². The summed E-state index contributed by atoms with van der Waals surface area (Å²) in [6.45, 7) is 1.55. The van der Waals surface area contributed by atoms with E-state index in [4.69, 9.17) is 9.15 Å². The van der Waals surface area contributed by atoms with Gasteiger partial charge in [0.15, 0.2) is 12.3 Å². The molecular weight excluding hydrogens is 317 g/mol. The first-order valence-electron chi connectivity index (χ1n) is 7.24. The summed E-state index contributed by atoms with van der Waals surface area (Å²) >= 11 is 0. The van der Waals surface area contributed by atoms with Gasteiger partial charge in [0.1, 0.15) is 23.9 Å². The van der Waals surface area contributed by atoms with E-state index < -0.39 is 17.8 Å². The lowest BCUT2D eigenvalue weighted by molar-refractivity contribution is -0.124. The summed E-state index contributed by atoms with van der Waals surface area (Å²) in [7, 11) is 2.99. The number of halogens is 1. The third-order valence-electron chi connectivity index (χ3n) is 3.46. The molecule has 8 heteroatoms. The summed E-state index contributed by atoms with van der Waals surface area (Å²) in [6.07, 6.45) is 1.19. The van der Waals surface area contributed by atoms with Crippen LogP contribution in [0, 0.1) is 5.82 Å². The fourth-order valence-electron chi connectivity index (χ4n) is 1.92. The molecule has 0 aliphatic carbocycles. The molecule has 1 unspecified atom stereocenters. The number of rotatable bonds is 6. The Morgan fingerprint density at radius 1 is 1.46 bits per heavy atom. The molecule has 1 aromatic carbocycles. The largest absolute Gasteiger partial charge is 0.484 e. The lowest BCUT2D eigenvalue weighted by Crippen LogP contribution is -2.44. The van der Waals surface area contributed by atoms with Crippen molar-refractivity contribution in [2.24, 2.45) is 0 Å². The molecule has 1 heterocycles. The van der Waals surface area contributed by atoms with Crippen molar-refractivity contribution in [3.63, 3.8) is 0 Å². The van der Waals surface area contributed by atoms with Gasteiger partial charge in [-0.05, 0) is 19.1 Å². The van der Waals surface area contributed by atoms with E-state index in [2.05, 4.69) is 10.3 Å². The molecule has 0 saturated heterocycles. The van der Waals surface area contributed by atoms with Crippen LogP contribution in [-0.2, 0) is 11.4 Å². The Kier molecular flexibility index (Phi) is 5.51. The van der Waals surface area contributed by atoms with Gasteiger partial charge in [-0.1, -0.05) is 6.07 Å². The summed E-state index contributed by atoms with van der Waals surface area (Å²) in [5, 5.41) is 2.47. The lowest BCUT2D eigenvalue weighted by Gasteiger charge is -2.22. The van der Waals surface area contributed by atoms with Gasteiger partial charge in [-0.3, -0.25) is 9.59 Å². The maximum atomic E-state index is 13.1. The molecule has 2 aromatic rings. The number of aromatic nitrogens is 1. The number of hydrogen-bond donors (Lipinski definition) is 1. The molecule has 0 fully saturated rings. The molecule has 128 valence electrons. The van der Waals surface area contributed by atoms with Gasteiger partial charge in [0.05, 0.1) is 0 Å². The minimum atomic E-state index is -0.647. The Morgan fingerprint density at radius 3 is 2.88 bits per heavy atom. The van der Waals surface area contributed by atoms with Gasteiger partial charge in [-0.25, -0.2) is 9.37 Å². The highest BCUT2D eigenvalue weighted by Crippen LogP contribution is 2.14. The SMILES string of the molecule is CNC(=O)C(C)N(C)C(=O)c1coc(COc2cccc(F)c2)n1. The monoisotopic (exact) mass is 335 g/mol. The van der Waals surface area contributed by atoms with Crippen LogP contribution in [0.15, 0.2) is 34.9 Å². The second kappa shape index (κ2) is 7.58. The highest BCUT2D eigenvalue weighted by atomic mass is 19.1. The van der Waals surface area contributed by atoms with Crippen molar-refractivity contribution < 1.29 is 23.1 Å². The molecule has 0 bridgehead atoms. The Labute approximate surface area is 138 Å². The zero-order chi connectivity index (χ0) is 17.7. The fraction of sp³-hybridized carbons (Fsp3) is 0.312. The van der Waals surface area contributed by atoms with Crippen LogP contribution in [-0.4, -0.2) is 41.8 Å². The van der Waals surface area contributed by atoms with Crippen molar-refractivity contribution >= 4 is 11.8 Å². The van der Waals surface area contributed by atoms with Crippen molar-refractivity contribution in [1.29, 1.82) is 0 Å². The molecule has 0 aliphatic rings. The number of carbonyl (C=O) groups excluding carboxylic acids is 2. The van der Waals surface area contributed by atoms with E-state index in [-0.39, 0.29) is 24.1 Å². The molecule has 0 saturated carbocycles. The Morgan fingerprint density at radius 2 is 2.21 bits per heavy atom. The minimum absolute atomic E-state index is 0.0502. The smallest absolute Gasteiger partial charge is 0.276 e. The van der Waals surface area contributed by atoms with Crippen LogP contribution in [0.3, 0.4) is 0 Å². The summed E-state index contributed by atoms with van der Waals surface area (Å²) in [5.41, 5.74) is 0.0612. The predicted octanol–water partition coefficient (Wildman–Crippen LogP) is 1.60. The first-order chi connectivity index (χ1) is 11.4. The number of likely N-dealkylation sites (N-methyl/N-ethyl adjacent to an activating group) is 2. The van der Waals surface area contributed by atoms with E-state index >= 15 is 0 Å². The number of nitrogens with one attached hydrogen (secondary N) is 1. The van der Waals surface area contributed by atoms with E-state index in [0.29, 0.717) is 5.75 Å². The highest BCUT2D eigenvalue weighted by Gasteiger charge is 2.24. The molecule has 1 N–H and O–H groups in total. The molecule has 0 spiro atoms. The van der Waals surface area contributed by atoms with Crippen molar-refractivity contribution in [3.8, 4) is 5.75 Å². The zero-order valence-corrected chi connectivity index (χ0v) is 13.6. The Hall–Kier alpha value is -2.90. The van der Waals surface area contributed by atoms with E-state index in [0.717, 1.165) is 0 Å². The van der Waals surface area contributed by atoms with E-state index in [1.807, 2.05) is 0 Å². The zero-order valence-electron chi connectivity index (χ0n) is 13.6. The average molecular weight is 335 g/mol. The predicted molar refractivity (Wildman–Crippen MR) is 82.9 cm³/mol. The van der Waals surface area contributed by atoms with E-state index in [9.17, 15) is 14.0 Å². The van der Waals surface area contributed by atoms with Crippen LogP contribution in [0.1, 0.15) is 23.3 Å². The number of benzene rings is 1. The summed E-state index contributed by atoms with van der Waals surface area (Å²) in [6, 6.07) is 5.00. The lowest BCUT2D eigenvalue weighted by atomic mass is 10.2. The number of hydrogen-bond acceptors (Lipinski definition) is 5. The van der Waals surface area contributed by atoms with Gasteiger partial charge in [0.25, 0.3) is 5.91 Å². The average Bonchev–Trinajstić information content (AvgIpc) is 3.06. The van der Waals surface area contributed by atoms with Gasteiger partial charge >= 0.3 is 0 Å². The molecule has 2 rings (SSSR count). The van der Waals surface area contributed by atoms with Crippen LogP contribution in [0.2, 0.25) is 0 Å². The number of oxazole rings is 1. The normalized spacial score (nSPS) is 11.7. The molecule has 1 atom stereocenters. The molecular formula is C16H18FN3O4.